The summed E-state index contributed by atoms with van der Waals surface area (Å²) in [5.41, 5.74) is 8.76. The lowest BCUT2D eigenvalue weighted by molar-refractivity contribution is -0.147. The lowest BCUT2D eigenvalue weighted by Gasteiger charge is -2.46. The van der Waals surface area contributed by atoms with Crippen molar-refractivity contribution in [2.75, 3.05) is 24.3 Å². The number of phenols is 1. The van der Waals surface area contributed by atoms with Crippen LogP contribution in [-0.4, -0.2) is 63.6 Å². The number of aromatic hydroxyl groups is 1. The van der Waals surface area contributed by atoms with E-state index in [0.717, 1.165) is 0 Å². The fourth-order valence-electron chi connectivity index (χ4n) is 5.98. The van der Waals surface area contributed by atoms with Crippen molar-refractivity contribution in [1.29, 1.82) is 0 Å². The topological polar surface area (TPSA) is 212 Å². The number of rotatable bonds is 4. The Kier molecular flexibility index (Phi) is 6.49. The SMILES string of the molecule is CN(C)c1cc(N=C(N)Nc2ccc(F)cc2)c(O)c2c1CC1CC3CC(=O)C(C(N)=O)=C(O)C3(O)C(=O)C1=C2O. The number of fused-ring (bicyclic) bond motifs is 3. The van der Waals surface area contributed by atoms with E-state index in [-0.39, 0.29) is 35.6 Å². The number of aliphatic hydroxyl groups excluding tert-OH is 2. The minimum atomic E-state index is -2.66. The number of nitrogens with zero attached hydrogens (tertiary/aromatic N) is 2. The number of benzene rings is 2. The highest BCUT2D eigenvalue weighted by atomic mass is 19.1. The van der Waals surface area contributed by atoms with Crippen LogP contribution in [-0.2, 0) is 20.8 Å². The third kappa shape index (κ3) is 4.25. The molecule has 0 aliphatic heterocycles. The number of carbonyl (C=O) groups is 3. The molecule has 1 saturated carbocycles. The quantitative estimate of drug-likeness (QED) is 0.162. The molecule has 41 heavy (non-hydrogen) atoms. The number of phenolic OH excluding ortho intramolecular Hbond substituents is 1. The second-order valence-corrected chi connectivity index (χ2v) is 10.5. The molecule has 2 aromatic rings. The van der Waals surface area contributed by atoms with Gasteiger partial charge in [-0.25, -0.2) is 9.38 Å². The van der Waals surface area contributed by atoms with Gasteiger partial charge >= 0.3 is 0 Å². The number of nitrogens with one attached hydrogen (secondary N) is 1. The summed E-state index contributed by atoms with van der Waals surface area (Å²) in [4.78, 5) is 44.0. The zero-order valence-electron chi connectivity index (χ0n) is 22.1. The third-order valence-corrected chi connectivity index (χ3v) is 7.86. The van der Waals surface area contributed by atoms with Gasteiger partial charge in [0.05, 0.1) is 5.56 Å². The average molecular weight is 566 g/mol. The Hall–Kier alpha value is -4.91. The Morgan fingerprint density at radius 2 is 1.78 bits per heavy atom. The Morgan fingerprint density at radius 3 is 2.39 bits per heavy atom. The number of hydrogen-bond donors (Lipinski definition) is 7. The molecule has 0 spiro atoms. The van der Waals surface area contributed by atoms with Crippen molar-refractivity contribution < 1.29 is 39.2 Å². The summed E-state index contributed by atoms with van der Waals surface area (Å²) >= 11 is 0. The van der Waals surface area contributed by atoms with Crippen molar-refractivity contribution >= 4 is 46.3 Å². The maximum absolute atomic E-state index is 13.7. The summed E-state index contributed by atoms with van der Waals surface area (Å²) in [6.45, 7) is 0. The second-order valence-electron chi connectivity index (χ2n) is 10.5. The first-order chi connectivity index (χ1) is 19.2. The molecule has 1 amide bonds. The fraction of sp³-hybridized carbons (Fsp3) is 0.286. The predicted molar refractivity (Wildman–Crippen MR) is 147 cm³/mol. The van der Waals surface area contributed by atoms with Crippen LogP contribution in [0.25, 0.3) is 5.76 Å². The van der Waals surface area contributed by atoms with Gasteiger partial charge < -0.3 is 42.1 Å². The zero-order valence-corrected chi connectivity index (χ0v) is 22.1. The number of aliphatic imine (C=N–C) groups is 1. The van der Waals surface area contributed by atoms with E-state index >= 15 is 0 Å². The fourth-order valence-corrected chi connectivity index (χ4v) is 5.98. The Labute approximate surface area is 233 Å². The third-order valence-electron chi connectivity index (χ3n) is 7.86. The number of nitrogens with two attached hydrogens (primary N) is 2. The molecule has 0 radical (unpaired) electrons. The Balaban J connectivity index is 1.64. The van der Waals surface area contributed by atoms with E-state index in [2.05, 4.69) is 10.3 Å². The number of ketones is 2. The Bertz CT molecular complexity index is 1610. The van der Waals surface area contributed by atoms with Crippen LogP contribution in [0.3, 0.4) is 0 Å². The number of amides is 1. The standard InChI is InChI=1S/C28H28FN5O7/c1-34(2)17-10-16(33-27(31)32-14-5-3-13(29)4-6-14)22(36)20-15(17)8-11-7-12-9-18(35)21(26(30)40)25(39)28(12,41)24(38)19(11)23(20)37/h3-6,10-12,36-37,39,41H,7-9H2,1-2H3,(H2,30,40)(H3,31,32,33). The zero-order chi connectivity index (χ0) is 30.0. The van der Waals surface area contributed by atoms with Crippen molar-refractivity contribution in [1.82, 2.24) is 0 Å². The van der Waals surface area contributed by atoms with E-state index in [4.69, 9.17) is 11.5 Å². The van der Waals surface area contributed by atoms with Crippen LogP contribution in [0, 0.1) is 17.7 Å². The van der Waals surface area contributed by atoms with Crippen LogP contribution < -0.4 is 21.7 Å². The van der Waals surface area contributed by atoms with Gasteiger partial charge in [0.25, 0.3) is 5.91 Å². The highest BCUT2D eigenvalue weighted by Crippen LogP contribution is 2.54. The number of aliphatic hydroxyl groups is 3. The molecule has 3 aliphatic carbocycles. The summed E-state index contributed by atoms with van der Waals surface area (Å²) in [5.74, 6) is -7.80. The maximum Gasteiger partial charge on any atom is 0.255 e. The van der Waals surface area contributed by atoms with E-state index in [9.17, 15) is 39.2 Å². The van der Waals surface area contributed by atoms with Crippen LogP contribution in [0.5, 0.6) is 5.75 Å². The van der Waals surface area contributed by atoms with Gasteiger partial charge in [-0.2, -0.15) is 0 Å². The molecule has 5 rings (SSSR count). The summed E-state index contributed by atoms with van der Waals surface area (Å²) in [6, 6.07) is 6.86. The number of halogens is 1. The van der Waals surface area contributed by atoms with Gasteiger partial charge in [-0.15, -0.1) is 0 Å². The molecular formula is C28H28FN5O7. The molecule has 12 nitrogen and oxygen atoms in total. The number of Topliss-reactive ketones (excluding diaryl/α,β-unsaturated/α-hetero) is 2. The summed E-state index contributed by atoms with van der Waals surface area (Å²) in [5, 5.41) is 47.6. The lowest BCUT2D eigenvalue weighted by Crippen LogP contribution is -2.58. The maximum atomic E-state index is 13.7. The highest BCUT2D eigenvalue weighted by molar-refractivity contribution is 6.22. The van der Waals surface area contributed by atoms with E-state index in [1.54, 1.807) is 25.1 Å². The first-order valence-electron chi connectivity index (χ1n) is 12.7. The van der Waals surface area contributed by atoms with E-state index in [0.29, 0.717) is 16.9 Å². The number of primary amides is 1. The van der Waals surface area contributed by atoms with Crippen LogP contribution >= 0.6 is 0 Å². The summed E-state index contributed by atoms with van der Waals surface area (Å²) in [6.07, 6.45) is -0.241. The smallest absolute Gasteiger partial charge is 0.255 e. The second kappa shape index (κ2) is 9.63. The summed E-state index contributed by atoms with van der Waals surface area (Å²) in [7, 11) is 3.46. The number of hydrogen-bond acceptors (Lipinski definition) is 9. The average Bonchev–Trinajstić information content (AvgIpc) is 2.88. The molecule has 0 bridgehead atoms. The molecule has 0 saturated heterocycles. The minimum absolute atomic E-state index is 0.0188. The van der Waals surface area contributed by atoms with Gasteiger partial charge in [0.2, 0.25) is 5.78 Å². The molecule has 214 valence electrons. The molecule has 3 aliphatic rings. The Morgan fingerprint density at radius 1 is 1.12 bits per heavy atom. The number of carbonyl (C=O) groups excluding carboxylic acids is 3. The highest BCUT2D eigenvalue weighted by Gasteiger charge is 2.60. The number of guanidine groups is 1. The van der Waals surface area contributed by atoms with Crippen molar-refractivity contribution in [2.24, 2.45) is 28.3 Å². The minimum Gasteiger partial charge on any atom is -0.508 e. The predicted octanol–water partition coefficient (Wildman–Crippen LogP) is 1.69. The van der Waals surface area contributed by atoms with Gasteiger partial charge in [-0.3, -0.25) is 14.4 Å². The van der Waals surface area contributed by atoms with Crippen LogP contribution in [0.2, 0.25) is 0 Å². The van der Waals surface area contributed by atoms with Gasteiger partial charge in [-0.1, -0.05) is 0 Å². The van der Waals surface area contributed by atoms with Crippen molar-refractivity contribution in [3.05, 3.63) is 64.2 Å². The molecule has 2 aromatic carbocycles. The van der Waals surface area contributed by atoms with Crippen LogP contribution in [0.1, 0.15) is 24.0 Å². The van der Waals surface area contributed by atoms with Crippen molar-refractivity contribution in [3.63, 3.8) is 0 Å². The molecule has 9 N–H and O–H groups in total. The molecule has 3 atom stereocenters. The molecule has 3 unspecified atom stereocenters. The largest absolute Gasteiger partial charge is 0.508 e. The van der Waals surface area contributed by atoms with Gasteiger partial charge in [0.1, 0.15) is 28.6 Å². The first kappa shape index (κ1) is 27.6. The van der Waals surface area contributed by atoms with Gasteiger partial charge in [0, 0.05) is 43.4 Å². The van der Waals surface area contributed by atoms with E-state index < -0.39 is 70.0 Å². The molecule has 1 fully saturated rings. The van der Waals surface area contributed by atoms with Crippen molar-refractivity contribution in [2.45, 2.75) is 24.9 Å². The van der Waals surface area contributed by atoms with Gasteiger partial charge in [-0.05, 0) is 54.7 Å². The van der Waals surface area contributed by atoms with Crippen molar-refractivity contribution in [3.8, 4) is 5.75 Å². The molecule has 13 heteroatoms. The first-order valence-corrected chi connectivity index (χ1v) is 12.7. The van der Waals surface area contributed by atoms with E-state index in [1.807, 2.05) is 0 Å². The van der Waals surface area contributed by atoms with E-state index in [1.165, 1.54) is 24.3 Å². The molecular weight excluding hydrogens is 537 g/mol. The molecule has 0 heterocycles. The van der Waals surface area contributed by atoms with Crippen LogP contribution in [0.4, 0.5) is 21.5 Å². The normalized spacial score (nSPS) is 24.0. The number of anilines is 2. The lowest BCUT2D eigenvalue weighted by atomic mass is 9.59. The summed E-state index contributed by atoms with van der Waals surface area (Å²) < 4.78 is 13.2. The van der Waals surface area contributed by atoms with Gasteiger partial charge in [0.15, 0.2) is 23.1 Å². The monoisotopic (exact) mass is 565 g/mol. The van der Waals surface area contributed by atoms with Crippen LogP contribution in [0.15, 0.2) is 52.2 Å². The molecule has 0 aromatic heterocycles.